The Balaban J connectivity index is 2.14. The van der Waals surface area contributed by atoms with Crippen molar-refractivity contribution in [1.82, 2.24) is 9.97 Å². The number of aromatic amines is 1. The summed E-state index contributed by atoms with van der Waals surface area (Å²) in [5, 5.41) is 2.19. The van der Waals surface area contributed by atoms with Crippen molar-refractivity contribution < 1.29 is 13.6 Å². The number of aryl methyl sites for hydroxylation is 1. The summed E-state index contributed by atoms with van der Waals surface area (Å²) in [6.45, 7) is 3.66. The van der Waals surface area contributed by atoms with Crippen molar-refractivity contribution in [2.45, 2.75) is 37.1 Å². The van der Waals surface area contributed by atoms with E-state index in [1.54, 1.807) is 6.92 Å². The molecule has 0 saturated heterocycles. The fourth-order valence-electron chi connectivity index (χ4n) is 1.98. The first-order valence-corrected chi connectivity index (χ1v) is 8.33. The third-order valence-electron chi connectivity index (χ3n) is 3.24. The molecule has 0 aliphatic rings. The minimum atomic E-state index is -0.845. The van der Waals surface area contributed by atoms with E-state index in [-0.39, 0.29) is 11.2 Å². The Hall–Kier alpha value is -2.22. The molecule has 1 aromatic carbocycles. The summed E-state index contributed by atoms with van der Waals surface area (Å²) in [5.41, 5.74) is 0.245. The predicted molar refractivity (Wildman–Crippen MR) is 89.2 cm³/mol. The van der Waals surface area contributed by atoms with Gasteiger partial charge in [0.05, 0.1) is 10.9 Å². The molecule has 1 heterocycles. The van der Waals surface area contributed by atoms with Crippen molar-refractivity contribution in [2.24, 2.45) is 0 Å². The van der Waals surface area contributed by atoms with Gasteiger partial charge in [-0.15, -0.1) is 0 Å². The number of H-pyrrole nitrogens is 1. The molecule has 1 atom stereocenters. The normalized spacial score (nSPS) is 12.0. The lowest BCUT2D eigenvalue weighted by atomic mass is 10.2. The highest BCUT2D eigenvalue weighted by Crippen LogP contribution is 2.24. The molecule has 0 aliphatic heterocycles. The van der Waals surface area contributed by atoms with Crippen LogP contribution in [0.5, 0.6) is 0 Å². The zero-order valence-electron chi connectivity index (χ0n) is 13.2. The SMILES string of the molecule is CCc1cc(=O)[nH]c(SC(CC)C(=O)Nc2ccc(F)cc2F)n1. The van der Waals surface area contributed by atoms with Crippen molar-refractivity contribution in [3.8, 4) is 0 Å². The van der Waals surface area contributed by atoms with Crippen LogP contribution in [-0.4, -0.2) is 21.1 Å². The number of hydrogen-bond donors (Lipinski definition) is 2. The zero-order chi connectivity index (χ0) is 17.7. The monoisotopic (exact) mass is 353 g/mol. The van der Waals surface area contributed by atoms with E-state index in [4.69, 9.17) is 0 Å². The van der Waals surface area contributed by atoms with E-state index in [2.05, 4.69) is 15.3 Å². The van der Waals surface area contributed by atoms with Gasteiger partial charge in [0.25, 0.3) is 5.56 Å². The van der Waals surface area contributed by atoms with Gasteiger partial charge in [-0.3, -0.25) is 9.59 Å². The third-order valence-corrected chi connectivity index (χ3v) is 4.49. The highest BCUT2D eigenvalue weighted by Gasteiger charge is 2.20. The quantitative estimate of drug-likeness (QED) is 0.618. The Morgan fingerprint density at radius 1 is 1.33 bits per heavy atom. The van der Waals surface area contributed by atoms with E-state index in [1.165, 1.54) is 6.07 Å². The summed E-state index contributed by atoms with van der Waals surface area (Å²) < 4.78 is 26.5. The van der Waals surface area contributed by atoms with E-state index in [0.29, 0.717) is 29.8 Å². The van der Waals surface area contributed by atoms with Crippen LogP contribution in [-0.2, 0) is 11.2 Å². The molecule has 128 valence electrons. The van der Waals surface area contributed by atoms with E-state index < -0.39 is 22.8 Å². The number of thioether (sulfide) groups is 1. The minimum absolute atomic E-state index is 0.0933. The second-order valence-corrected chi connectivity index (χ2v) is 6.22. The van der Waals surface area contributed by atoms with Crippen LogP contribution in [0.25, 0.3) is 0 Å². The fraction of sp³-hybridized carbons (Fsp3) is 0.312. The van der Waals surface area contributed by atoms with Crippen LogP contribution in [0, 0.1) is 11.6 Å². The maximum Gasteiger partial charge on any atom is 0.251 e. The first kappa shape index (κ1) is 18.1. The summed E-state index contributed by atoms with van der Waals surface area (Å²) in [5.74, 6) is -2.01. The third kappa shape index (κ3) is 4.64. The lowest BCUT2D eigenvalue weighted by Gasteiger charge is -2.14. The molecule has 1 aromatic heterocycles. The Labute approximate surface area is 141 Å². The number of benzene rings is 1. The molecule has 0 aliphatic carbocycles. The van der Waals surface area contributed by atoms with Gasteiger partial charge in [0, 0.05) is 17.8 Å². The van der Waals surface area contributed by atoms with Crippen LogP contribution in [0.4, 0.5) is 14.5 Å². The second-order valence-electron chi connectivity index (χ2n) is 5.02. The van der Waals surface area contributed by atoms with Gasteiger partial charge in [-0.25, -0.2) is 13.8 Å². The molecule has 5 nitrogen and oxygen atoms in total. The van der Waals surface area contributed by atoms with Crippen molar-refractivity contribution in [3.05, 3.63) is 51.9 Å². The summed E-state index contributed by atoms with van der Waals surface area (Å²) in [6.07, 6.45) is 1.04. The Bertz CT molecular complexity index is 795. The molecule has 0 fully saturated rings. The number of carbonyl (C=O) groups is 1. The first-order valence-electron chi connectivity index (χ1n) is 7.45. The number of halogens is 2. The van der Waals surface area contributed by atoms with Gasteiger partial charge >= 0.3 is 0 Å². The van der Waals surface area contributed by atoms with Gasteiger partial charge in [0.15, 0.2) is 5.16 Å². The van der Waals surface area contributed by atoms with E-state index >= 15 is 0 Å². The molecule has 0 spiro atoms. The second kappa shape index (κ2) is 8.05. The van der Waals surface area contributed by atoms with Gasteiger partial charge in [0.2, 0.25) is 5.91 Å². The Kier molecular flexibility index (Phi) is 6.08. The molecule has 0 saturated carbocycles. The molecule has 1 unspecified atom stereocenters. The van der Waals surface area contributed by atoms with Crippen LogP contribution >= 0.6 is 11.8 Å². The lowest BCUT2D eigenvalue weighted by molar-refractivity contribution is -0.115. The number of amides is 1. The number of carbonyl (C=O) groups excluding carboxylic acids is 1. The van der Waals surface area contributed by atoms with Crippen molar-refractivity contribution in [2.75, 3.05) is 5.32 Å². The van der Waals surface area contributed by atoms with Crippen LogP contribution in [0.3, 0.4) is 0 Å². The van der Waals surface area contributed by atoms with Gasteiger partial charge in [0.1, 0.15) is 11.6 Å². The first-order chi connectivity index (χ1) is 11.4. The molecule has 24 heavy (non-hydrogen) atoms. The standard InChI is InChI=1S/C16H17F2N3O2S/c1-3-10-8-14(22)21-16(19-10)24-13(4-2)15(23)20-12-6-5-9(17)7-11(12)18/h5-8,13H,3-4H2,1-2H3,(H,20,23)(H,19,21,22). The zero-order valence-corrected chi connectivity index (χ0v) is 14.0. The molecule has 0 bridgehead atoms. The van der Waals surface area contributed by atoms with Crippen LogP contribution in [0.1, 0.15) is 26.0 Å². The van der Waals surface area contributed by atoms with Crippen LogP contribution in [0.15, 0.2) is 34.2 Å². The van der Waals surface area contributed by atoms with E-state index in [0.717, 1.165) is 23.9 Å². The molecular weight excluding hydrogens is 336 g/mol. The molecule has 2 N–H and O–H groups in total. The minimum Gasteiger partial charge on any atom is -0.323 e. The van der Waals surface area contributed by atoms with Crippen molar-refractivity contribution >= 4 is 23.4 Å². The largest absolute Gasteiger partial charge is 0.323 e. The lowest BCUT2D eigenvalue weighted by Crippen LogP contribution is -2.26. The highest BCUT2D eigenvalue weighted by atomic mass is 32.2. The fourth-order valence-corrected chi connectivity index (χ4v) is 2.91. The molecule has 0 radical (unpaired) electrons. The van der Waals surface area contributed by atoms with E-state index in [1.807, 2.05) is 6.92 Å². The summed E-state index contributed by atoms with van der Waals surface area (Å²) in [7, 11) is 0. The Morgan fingerprint density at radius 2 is 2.08 bits per heavy atom. The summed E-state index contributed by atoms with van der Waals surface area (Å²) >= 11 is 1.09. The van der Waals surface area contributed by atoms with Crippen LogP contribution < -0.4 is 10.9 Å². The number of nitrogens with one attached hydrogen (secondary N) is 2. The van der Waals surface area contributed by atoms with E-state index in [9.17, 15) is 18.4 Å². The van der Waals surface area contributed by atoms with Gasteiger partial charge in [-0.2, -0.15) is 0 Å². The number of nitrogens with zero attached hydrogens (tertiary/aromatic N) is 1. The van der Waals surface area contributed by atoms with Gasteiger partial charge < -0.3 is 10.3 Å². The number of rotatable bonds is 6. The maximum absolute atomic E-state index is 13.6. The molecule has 8 heteroatoms. The van der Waals surface area contributed by atoms with Crippen LogP contribution in [0.2, 0.25) is 0 Å². The Morgan fingerprint density at radius 3 is 2.71 bits per heavy atom. The molecule has 2 rings (SSSR count). The molecule has 2 aromatic rings. The predicted octanol–water partition coefficient (Wildman–Crippen LogP) is 3.12. The maximum atomic E-state index is 13.6. The summed E-state index contributed by atoms with van der Waals surface area (Å²) in [4.78, 5) is 30.7. The average Bonchev–Trinajstić information content (AvgIpc) is 2.54. The summed E-state index contributed by atoms with van der Waals surface area (Å²) in [6, 6.07) is 4.33. The topological polar surface area (TPSA) is 74.8 Å². The average molecular weight is 353 g/mol. The molecular formula is C16H17F2N3O2S. The highest BCUT2D eigenvalue weighted by molar-refractivity contribution is 8.00. The smallest absolute Gasteiger partial charge is 0.251 e. The van der Waals surface area contributed by atoms with Gasteiger partial charge in [-0.1, -0.05) is 25.6 Å². The van der Waals surface area contributed by atoms with Gasteiger partial charge in [-0.05, 0) is 25.0 Å². The number of anilines is 1. The molecule has 1 amide bonds. The van der Waals surface area contributed by atoms with Crippen molar-refractivity contribution in [3.63, 3.8) is 0 Å². The number of hydrogen-bond acceptors (Lipinski definition) is 4. The van der Waals surface area contributed by atoms with Crippen molar-refractivity contribution in [1.29, 1.82) is 0 Å². The number of aromatic nitrogens is 2.